The molecule has 0 aromatic heterocycles. The zero-order valence-corrected chi connectivity index (χ0v) is 15.9. The molecule has 0 aliphatic heterocycles. The van der Waals surface area contributed by atoms with Crippen molar-refractivity contribution in [3.05, 3.63) is 30.1 Å². The van der Waals surface area contributed by atoms with Crippen molar-refractivity contribution in [2.75, 3.05) is 18.4 Å². The van der Waals surface area contributed by atoms with Gasteiger partial charge in [0.15, 0.2) is 0 Å². The smallest absolute Gasteiger partial charge is 0.319 e. The maximum absolute atomic E-state index is 12.9. The maximum Gasteiger partial charge on any atom is 0.319 e. The molecule has 0 saturated heterocycles. The van der Waals surface area contributed by atoms with E-state index in [1.807, 2.05) is 0 Å². The van der Waals surface area contributed by atoms with Gasteiger partial charge in [0.05, 0.1) is 12.2 Å². The van der Waals surface area contributed by atoms with Crippen LogP contribution in [0.3, 0.4) is 0 Å². The summed E-state index contributed by atoms with van der Waals surface area (Å²) in [4.78, 5) is 36.2. The van der Waals surface area contributed by atoms with Gasteiger partial charge in [-0.25, -0.2) is 9.18 Å². The van der Waals surface area contributed by atoms with Crippen LogP contribution < -0.4 is 21.3 Å². The largest absolute Gasteiger partial charge is 0.392 e. The highest BCUT2D eigenvalue weighted by atomic mass is 19.1. The summed E-state index contributed by atoms with van der Waals surface area (Å²) < 4.78 is 12.9. The second-order valence-corrected chi connectivity index (χ2v) is 6.44. The van der Waals surface area contributed by atoms with Gasteiger partial charge in [0.2, 0.25) is 11.8 Å². The van der Waals surface area contributed by atoms with E-state index in [1.165, 1.54) is 38.1 Å². The first-order valence-electron chi connectivity index (χ1n) is 8.91. The van der Waals surface area contributed by atoms with Crippen molar-refractivity contribution in [3.63, 3.8) is 0 Å². The molecule has 6 N–H and O–H groups in total. The van der Waals surface area contributed by atoms with E-state index < -0.39 is 36.0 Å². The second kappa shape index (κ2) is 11.9. The van der Waals surface area contributed by atoms with E-state index in [2.05, 4.69) is 21.3 Å². The van der Waals surface area contributed by atoms with Gasteiger partial charge in [0.25, 0.3) is 0 Å². The van der Waals surface area contributed by atoms with E-state index in [1.54, 1.807) is 0 Å². The molecule has 0 fully saturated rings. The lowest BCUT2D eigenvalue weighted by molar-refractivity contribution is -0.124. The first-order valence-corrected chi connectivity index (χ1v) is 8.91. The number of rotatable bonds is 10. The number of aliphatic hydroxyl groups is 2. The molecule has 0 bridgehead atoms. The fraction of sp³-hybridized carbons (Fsp3) is 0.500. The van der Waals surface area contributed by atoms with Crippen molar-refractivity contribution in [2.24, 2.45) is 0 Å². The fourth-order valence-corrected chi connectivity index (χ4v) is 2.12. The number of aliphatic hydroxyl groups excluding tert-OH is 2. The van der Waals surface area contributed by atoms with Gasteiger partial charge in [-0.2, -0.15) is 0 Å². The minimum atomic E-state index is -1.03. The van der Waals surface area contributed by atoms with E-state index in [0.29, 0.717) is 5.69 Å². The Hall–Kier alpha value is -2.72. The molecule has 156 valence electrons. The summed E-state index contributed by atoms with van der Waals surface area (Å²) in [7, 11) is 0. The minimum Gasteiger partial charge on any atom is -0.392 e. The van der Waals surface area contributed by atoms with Crippen molar-refractivity contribution >= 4 is 23.5 Å². The third-order valence-electron chi connectivity index (χ3n) is 3.55. The molecule has 3 atom stereocenters. The van der Waals surface area contributed by atoms with Gasteiger partial charge in [-0.1, -0.05) is 0 Å². The Kier molecular flexibility index (Phi) is 9.89. The Morgan fingerprint density at radius 2 is 1.57 bits per heavy atom. The Morgan fingerprint density at radius 3 is 2.14 bits per heavy atom. The van der Waals surface area contributed by atoms with Gasteiger partial charge < -0.3 is 31.5 Å². The molecule has 1 aromatic rings. The number of carbonyl (C=O) groups is 3. The van der Waals surface area contributed by atoms with Gasteiger partial charge in [-0.15, -0.1) is 0 Å². The lowest BCUT2D eigenvalue weighted by Gasteiger charge is -2.19. The van der Waals surface area contributed by atoms with E-state index in [0.717, 1.165) is 0 Å². The molecule has 0 aliphatic carbocycles. The average molecular weight is 398 g/mol. The van der Waals surface area contributed by atoms with Gasteiger partial charge in [-0.05, 0) is 44.5 Å². The molecule has 4 amide bonds. The summed E-state index contributed by atoms with van der Waals surface area (Å²) >= 11 is 0. The quantitative estimate of drug-likeness (QED) is 0.332. The number of halogens is 1. The number of hydrogen-bond donors (Lipinski definition) is 6. The molecule has 28 heavy (non-hydrogen) atoms. The van der Waals surface area contributed by atoms with Crippen molar-refractivity contribution in [1.29, 1.82) is 0 Å². The van der Waals surface area contributed by atoms with Crippen LogP contribution in [0.2, 0.25) is 0 Å². The number of anilines is 1. The third-order valence-corrected chi connectivity index (χ3v) is 3.55. The molecule has 3 unspecified atom stereocenters. The van der Waals surface area contributed by atoms with Crippen LogP contribution in [0.5, 0.6) is 0 Å². The average Bonchev–Trinajstić information content (AvgIpc) is 2.63. The van der Waals surface area contributed by atoms with Crippen LogP contribution in [0.4, 0.5) is 14.9 Å². The number of hydrogen-bond acceptors (Lipinski definition) is 5. The van der Waals surface area contributed by atoms with Crippen LogP contribution >= 0.6 is 0 Å². The monoisotopic (exact) mass is 398 g/mol. The third kappa shape index (κ3) is 9.83. The highest BCUT2D eigenvalue weighted by Gasteiger charge is 2.22. The summed E-state index contributed by atoms with van der Waals surface area (Å²) in [5.41, 5.74) is 0.330. The summed E-state index contributed by atoms with van der Waals surface area (Å²) in [6.45, 7) is 3.09. The predicted octanol–water partition coefficient (Wildman–Crippen LogP) is 0.0900. The Morgan fingerprint density at radius 1 is 1.00 bits per heavy atom. The molecule has 0 radical (unpaired) electrons. The van der Waals surface area contributed by atoms with Gasteiger partial charge in [-0.3, -0.25) is 9.59 Å². The molecule has 0 saturated carbocycles. The van der Waals surface area contributed by atoms with E-state index >= 15 is 0 Å². The normalized spacial score (nSPS) is 13.8. The molecular formula is C18H27FN4O5. The topological polar surface area (TPSA) is 140 Å². The van der Waals surface area contributed by atoms with E-state index in [4.69, 9.17) is 0 Å². The highest BCUT2D eigenvalue weighted by Crippen LogP contribution is 2.08. The molecule has 9 nitrogen and oxygen atoms in total. The Bertz CT molecular complexity index is 652. The van der Waals surface area contributed by atoms with Crippen LogP contribution in [-0.2, 0) is 9.59 Å². The lowest BCUT2D eigenvalue weighted by atomic mass is 10.1. The summed E-state index contributed by atoms with van der Waals surface area (Å²) in [6.07, 6.45) is -1.52. The highest BCUT2D eigenvalue weighted by molar-refractivity contribution is 5.94. The summed E-state index contributed by atoms with van der Waals surface area (Å²) in [5.74, 6) is -1.39. The number of urea groups is 1. The lowest BCUT2D eigenvalue weighted by Crippen LogP contribution is -2.49. The first-order chi connectivity index (χ1) is 13.2. The molecule has 10 heteroatoms. The fourth-order valence-electron chi connectivity index (χ4n) is 2.12. The van der Waals surface area contributed by atoms with Gasteiger partial charge in [0, 0.05) is 25.2 Å². The van der Waals surface area contributed by atoms with Crippen LogP contribution in [0.15, 0.2) is 24.3 Å². The van der Waals surface area contributed by atoms with Crippen LogP contribution in [0, 0.1) is 5.82 Å². The zero-order chi connectivity index (χ0) is 21.1. The summed E-state index contributed by atoms with van der Waals surface area (Å²) in [6, 6.07) is 3.34. The second-order valence-electron chi connectivity index (χ2n) is 6.44. The SMILES string of the molecule is CC(O)CNC(=O)CCC(NC(=O)Nc1ccc(F)cc1)C(=O)NCC(C)O. The van der Waals surface area contributed by atoms with Crippen molar-refractivity contribution in [2.45, 2.75) is 44.9 Å². The zero-order valence-electron chi connectivity index (χ0n) is 15.9. The Labute approximate surface area is 162 Å². The maximum atomic E-state index is 12.9. The standard InChI is InChI=1S/C18H27FN4O5/c1-11(24)9-20-16(26)8-7-15(17(27)21-10-12(2)25)23-18(28)22-14-5-3-13(19)4-6-14/h3-6,11-12,15,24-25H,7-10H2,1-2H3,(H,20,26)(H,21,27)(H2,22,23,28). The van der Waals surface area contributed by atoms with E-state index in [-0.39, 0.29) is 31.8 Å². The first kappa shape index (κ1) is 23.3. The van der Waals surface area contributed by atoms with E-state index in [9.17, 15) is 29.0 Å². The molecule has 1 rings (SSSR count). The predicted molar refractivity (Wildman–Crippen MR) is 101 cm³/mol. The molecule has 0 spiro atoms. The van der Waals surface area contributed by atoms with Crippen molar-refractivity contribution < 1.29 is 29.0 Å². The number of nitrogens with one attached hydrogen (secondary N) is 4. The van der Waals surface area contributed by atoms with Gasteiger partial charge in [0.1, 0.15) is 11.9 Å². The number of carbonyl (C=O) groups excluding carboxylic acids is 3. The summed E-state index contributed by atoms with van der Waals surface area (Å²) in [5, 5.41) is 28.4. The van der Waals surface area contributed by atoms with Crippen LogP contribution in [0.25, 0.3) is 0 Å². The number of benzene rings is 1. The Balaban J connectivity index is 2.65. The molecular weight excluding hydrogens is 371 g/mol. The molecule has 0 aliphatic rings. The van der Waals surface area contributed by atoms with Gasteiger partial charge >= 0.3 is 6.03 Å². The number of amides is 4. The van der Waals surface area contributed by atoms with Crippen LogP contribution in [-0.4, -0.2) is 59.4 Å². The minimum absolute atomic E-state index is 0.00806. The van der Waals surface area contributed by atoms with Crippen LogP contribution in [0.1, 0.15) is 26.7 Å². The molecule has 1 aromatic carbocycles. The van der Waals surface area contributed by atoms with Crippen molar-refractivity contribution in [1.82, 2.24) is 16.0 Å². The van der Waals surface area contributed by atoms with Crippen molar-refractivity contribution in [3.8, 4) is 0 Å². The molecule has 0 heterocycles.